The number of nitrogens with zero attached hydrogens (tertiary/aromatic N) is 3. The van der Waals surface area contributed by atoms with Gasteiger partial charge in [0.15, 0.2) is 6.61 Å². The smallest absolute Gasteiger partial charge is 0.265 e. The van der Waals surface area contributed by atoms with Crippen molar-refractivity contribution in [3.05, 3.63) is 64.0 Å². The second-order valence-corrected chi connectivity index (χ2v) is 7.53. The highest BCUT2D eigenvalue weighted by atomic mass is 32.1. The Labute approximate surface area is 172 Å². The Balaban J connectivity index is 1.67. The Morgan fingerprint density at radius 2 is 2.17 bits per heavy atom. The molecule has 2 heterocycles. The van der Waals surface area contributed by atoms with Crippen LogP contribution in [0.4, 0.5) is 5.69 Å². The number of carbonyl (C=O) groups excluding carboxylic acids is 1. The lowest BCUT2D eigenvalue weighted by atomic mass is 10.1. The molecule has 0 fully saturated rings. The van der Waals surface area contributed by atoms with E-state index in [2.05, 4.69) is 11.1 Å². The fourth-order valence-corrected chi connectivity index (χ4v) is 4.01. The largest absolute Gasteiger partial charge is 0.482 e. The molecule has 29 heavy (non-hydrogen) atoms. The number of thiazole rings is 1. The maximum absolute atomic E-state index is 12.6. The predicted molar refractivity (Wildman–Crippen MR) is 111 cm³/mol. The number of carbonyl (C=O) groups is 1. The molecule has 0 bridgehead atoms. The maximum atomic E-state index is 12.6. The number of methoxy groups -OCH3 is 1. The molecule has 1 amide bonds. The van der Waals surface area contributed by atoms with Crippen molar-refractivity contribution >= 4 is 22.9 Å². The fourth-order valence-electron chi connectivity index (χ4n) is 3.22. The number of fused-ring (bicyclic) bond motifs is 1. The van der Waals surface area contributed by atoms with Crippen molar-refractivity contribution in [2.45, 2.75) is 13.0 Å². The summed E-state index contributed by atoms with van der Waals surface area (Å²) >= 11 is 1.59. The molecule has 6 nitrogen and oxygen atoms in total. The van der Waals surface area contributed by atoms with E-state index in [1.165, 1.54) is 0 Å². The minimum absolute atomic E-state index is 0.0149. The molecule has 146 valence electrons. The van der Waals surface area contributed by atoms with Gasteiger partial charge in [-0.25, -0.2) is 4.98 Å². The van der Waals surface area contributed by atoms with E-state index in [-0.39, 0.29) is 12.5 Å². The maximum Gasteiger partial charge on any atom is 0.265 e. The zero-order valence-electron chi connectivity index (χ0n) is 15.9. The quantitative estimate of drug-likeness (QED) is 0.624. The van der Waals surface area contributed by atoms with E-state index in [9.17, 15) is 10.1 Å². The highest BCUT2D eigenvalue weighted by molar-refractivity contribution is 7.09. The number of hydrogen-bond acceptors (Lipinski definition) is 6. The van der Waals surface area contributed by atoms with E-state index < -0.39 is 0 Å². The van der Waals surface area contributed by atoms with Gasteiger partial charge in [0, 0.05) is 24.5 Å². The molecule has 1 aromatic heterocycles. The van der Waals surface area contributed by atoms with Gasteiger partial charge in [0.25, 0.3) is 5.91 Å². The highest BCUT2D eigenvalue weighted by Gasteiger charge is 2.27. The van der Waals surface area contributed by atoms with Crippen molar-refractivity contribution in [1.82, 2.24) is 4.98 Å². The SMILES string of the molecule is COCCc1nc(-c2ccc3c(c2)N(Cc2ccccc2C#N)C(=O)CO3)cs1. The van der Waals surface area contributed by atoms with Crippen LogP contribution in [0.2, 0.25) is 0 Å². The lowest BCUT2D eigenvalue weighted by Crippen LogP contribution is -2.38. The van der Waals surface area contributed by atoms with Crippen molar-refractivity contribution in [2.75, 3.05) is 25.2 Å². The number of rotatable bonds is 6. The molecule has 0 saturated carbocycles. The molecule has 3 aromatic rings. The number of aromatic nitrogens is 1. The van der Waals surface area contributed by atoms with E-state index in [1.807, 2.05) is 41.8 Å². The van der Waals surface area contributed by atoms with E-state index in [1.54, 1.807) is 29.4 Å². The molecule has 1 aliphatic rings. The van der Waals surface area contributed by atoms with Gasteiger partial charge in [-0.2, -0.15) is 5.26 Å². The van der Waals surface area contributed by atoms with Gasteiger partial charge in [0.05, 0.1) is 41.2 Å². The Kier molecular flexibility index (Phi) is 5.56. The van der Waals surface area contributed by atoms with Crippen LogP contribution < -0.4 is 9.64 Å². The van der Waals surface area contributed by atoms with Crippen LogP contribution >= 0.6 is 11.3 Å². The van der Waals surface area contributed by atoms with E-state index in [4.69, 9.17) is 9.47 Å². The normalized spacial score (nSPS) is 13.0. The van der Waals surface area contributed by atoms with Crippen LogP contribution in [-0.2, 0) is 22.5 Å². The predicted octanol–water partition coefficient (Wildman–Crippen LogP) is 3.80. The first-order valence-corrected chi connectivity index (χ1v) is 10.1. The first-order chi connectivity index (χ1) is 14.2. The molecule has 0 aliphatic carbocycles. The molecule has 0 unspecified atom stereocenters. The van der Waals surface area contributed by atoms with Gasteiger partial charge in [0.1, 0.15) is 5.75 Å². The third-order valence-electron chi connectivity index (χ3n) is 4.74. The number of amides is 1. The molecule has 0 atom stereocenters. The van der Waals surface area contributed by atoms with Crippen LogP contribution in [0.15, 0.2) is 47.8 Å². The minimum Gasteiger partial charge on any atom is -0.482 e. The first kappa shape index (κ1) is 19.1. The molecule has 0 saturated heterocycles. The lowest BCUT2D eigenvalue weighted by Gasteiger charge is -2.30. The topological polar surface area (TPSA) is 75.5 Å². The van der Waals surface area contributed by atoms with Crippen LogP contribution in [0.25, 0.3) is 11.3 Å². The summed E-state index contributed by atoms with van der Waals surface area (Å²) in [5.41, 5.74) is 3.83. The molecular weight excluding hydrogens is 386 g/mol. The number of ether oxygens (including phenoxy) is 2. The van der Waals surface area contributed by atoms with Gasteiger partial charge in [-0.15, -0.1) is 11.3 Å². The Morgan fingerprint density at radius 3 is 3.00 bits per heavy atom. The Bertz CT molecular complexity index is 1090. The van der Waals surface area contributed by atoms with Crippen LogP contribution in [0.1, 0.15) is 16.1 Å². The highest BCUT2D eigenvalue weighted by Crippen LogP contribution is 2.37. The van der Waals surface area contributed by atoms with Crippen molar-refractivity contribution in [1.29, 1.82) is 5.26 Å². The Morgan fingerprint density at radius 1 is 1.31 bits per heavy atom. The summed E-state index contributed by atoms with van der Waals surface area (Å²) in [7, 11) is 1.67. The standard InChI is InChI=1S/C22H19N3O3S/c1-27-9-8-21-24-18(14-29-21)15-6-7-20-19(10-15)25(22(26)13-28-20)12-17-5-3-2-4-16(17)11-23/h2-7,10,14H,8-9,12-13H2,1H3. The fraction of sp³-hybridized carbons (Fsp3) is 0.227. The van der Waals surface area contributed by atoms with Crippen LogP contribution in [-0.4, -0.2) is 31.2 Å². The van der Waals surface area contributed by atoms with E-state index in [0.29, 0.717) is 30.2 Å². The molecule has 4 rings (SSSR count). The molecular formula is C22H19N3O3S. The number of benzene rings is 2. The summed E-state index contributed by atoms with van der Waals surface area (Å²) in [6, 6.07) is 15.3. The average Bonchev–Trinajstić information content (AvgIpc) is 3.23. The molecule has 0 spiro atoms. The van der Waals surface area contributed by atoms with Crippen LogP contribution in [0, 0.1) is 11.3 Å². The van der Waals surface area contributed by atoms with Crippen molar-refractivity contribution < 1.29 is 14.3 Å². The molecule has 1 aliphatic heterocycles. The van der Waals surface area contributed by atoms with E-state index >= 15 is 0 Å². The van der Waals surface area contributed by atoms with Gasteiger partial charge in [-0.05, 0) is 29.8 Å². The lowest BCUT2D eigenvalue weighted by molar-refractivity contribution is -0.121. The summed E-state index contributed by atoms with van der Waals surface area (Å²) in [4.78, 5) is 19.0. The monoisotopic (exact) mass is 405 g/mol. The minimum atomic E-state index is -0.138. The van der Waals surface area contributed by atoms with Crippen molar-refractivity contribution in [3.8, 4) is 23.1 Å². The summed E-state index contributed by atoms with van der Waals surface area (Å²) < 4.78 is 10.7. The van der Waals surface area contributed by atoms with Crippen LogP contribution in [0.3, 0.4) is 0 Å². The average molecular weight is 405 g/mol. The Hall–Kier alpha value is -3.21. The first-order valence-electron chi connectivity index (χ1n) is 9.18. The van der Waals surface area contributed by atoms with Crippen molar-refractivity contribution in [2.24, 2.45) is 0 Å². The van der Waals surface area contributed by atoms with Gasteiger partial charge < -0.3 is 14.4 Å². The van der Waals surface area contributed by atoms with Crippen molar-refractivity contribution in [3.63, 3.8) is 0 Å². The second-order valence-electron chi connectivity index (χ2n) is 6.59. The summed E-state index contributed by atoms with van der Waals surface area (Å²) in [6.07, 6.45) is 0.769. The zero-order chi connectivity index (χ0) is 20.2. The van der Waals surface area contributed by atoms with Gasteiger partial charge in [-0.3, -0.25) is 4.79 Å². The van der Waals surface area contributed by atoms with E-state index in [0.717, 1.165) is 28.2 Å². The summed E-state index contributed by atoms with van der Waals surface area (Å²) in [5, 5.41) is 12.4. The second kappa shape index (κ2) is 8.43. The van der Waals surface area contributed by atoms with Gasteiger partial charge in [0.2, 0.25) is 0 Å². The number of hydrogen-bond donors (Lipinski definition) is 0. The molecule has 7 heteroatoms. The third-order valence-corrected chi connectivity index (χ3v) is 5.64. The summed E-state index contributed by atoms with van der Waals surface area (Å²) in [6.45, 7) is 0.934. The van der Waals surface area contributed by atoms with Gasteiger partial charge >= 0.3 is 0 Å². The molecule has 0 N–H and O–H groups in total. The van der Waals surface area contributed by atoms with Crippen LogP contribution in [0.5, 0.6) is 5.75 Å². The zero-order valence-corrected chi connectivity index (χ0v) is 16.7. The number of anilines is 1. The number of nitriles is 1. The molecule has 0 radical (unpaired) electrons. The molecule has 2 aromatic carbocycles. The third kappa shape index (κ3) is 3.99. The summed E-state index contributed by atoms with van der Waals surface area (Å²) in [5.74, 6) is 0.513. The van der Waals surface area contributed by atoms with Gasteiger partial charge in [-0.1, -0.05) is 18.2 Å².